The Hall–Kier alpha value is -1.93. The fourth-order valence-electron chi connectivity index (χ4n) is 1.14. The SMILES string of the molecule is NC(=O)NC1(N)N=C2N=CC=CN2N1. The van der Waals surface area contributed by atoms with E-state index < -0.39 is 11.9 Å². The number of amides is 2. The van der Waals surface area contributed by atoms with Gasteiger partial charge in [-0.05, 0) is 6.08 Å². The number of allylic oxidation sites excluding steroid dienone is 1. The van der Waals surface area contributed by atoms with Crippen LogP contribution in [-0.4, -0.2) is 29.1 Å². The van der Waals surface area contributed by atoms with E-state index in [-0.39, 0.29) is 0 Å². The predicted octanol–water partition coefficient (Wildman–Crippen LogP) is -2.00. The molecule has 0 aromatic carbocycles. The van der Waals surface area contributed by atoms with Gasteiger partial charge in [0.2, 0.25) is 5.96 Å². The summed E-state index contributed by atoms with van der Waals surface area (Å²) in [4.78, 5) is 18.5. The van der Waals surface area contributed by atoms with Gasteiger partial charge < -0.3 is 5.73 Å². The third kappa shape index (κ3) is 1.43. The quantitative estimate of drug-likeness (QED) is 0.361. The number of carbonyl (C=O) groups is 1. The molecule has 0 saturated heterocycles. The molecule has 0 bridgehead atoms. The highest BCUT2D eigenvalue weighted by atomic mass is 16.2. The van der Waals surface area contributed by atoms with Gasteiger partial charge in [-0.2, -0.15) is 10.4 Å². The van der Waals surface area contributed by atoms with Crippen LogP contribution in [0.5, 0.6) is 0 Å². The van der Waals surface area contributed by atoms with Gasteiger partial charge in [-0.3, -0.25) is 11.1 Å². The average molecular weight is 195 g/mol. The van der Waals surface area contributed by atoms with Crippen LogP contribution in [0.15, 0.2) is 22.3 Å². The van der Waals surface area contributed by atoms with Crippen molar-refractivity contribution in [3.63, 3.8) is 0 Å². The van der Waals surface area contributed by atoms with Crippen molar-refractivity contribution in [2.24, 2.45) is 21.5 Å². The lowest BCUT2D eigenvalue weighted by Gasteiger charge is -2.23. The molecule has 0 fully saturated rings. The fraction of sp³-hybridized carbons (Fsp3) is 0.167. The van der Waals surface area contributed by atoms with Gasteiger partial charge in [-0.1, -0.05) is 0 Å². The molecule has 2 heterocycles. The van der Waals surface area contributed by atoms with E-state index in [1.165, 1.54) is 5.01 Å². The zero-order valence-corrected chi connectivity index (χ0v) is 7.14. The van der Waals surface area contributed by atoms with Crippen LogP contribution in [-0.2, 0) is 0 Å². The van der Waals surface area contributed by atoms with E-state index in [1.54, 1.807) is 18.5 Å². The number of primary amides is 1. The lowest BCUT2D eigenvalue weighted by molar-refractivity contribution is 0.204. The van der Waals surface area contributed by atoms with Crippen molar-refractivity contribution in [3.05, 3.63) is 12.3 Å². The number of nitrogens with one attached hydrogen (secondary N) is 2. The summed E-state index contributed by atoms with van der Waals surface area (Å²) < 4.78 is 0. The molecular weight excluding hydrogens is 186 g/mol. The molecule has 8 heteroatoms. The highest BCUT2D eigenvalue weighted by molar-refractivity contribution is 5.95. The van der Waals surface area contributed by atoms with Crippen molar-refractivity contribution in [2.45, 2.75) is 5.91 Å². The molecule has 2 amide bonds. The first-order valence-corrected chi connectivity index (χ1v) is 3.83. The van der Waals surface area contributed by atoms with Gasteiger partial charge in [-0.25, -0.2) is 14.8 Å². The molecule has 2 aliphatic heterocycles. The van der Waals surface area contributed by atoms with Crippen LogP contribution in [0.25, 0.3) is 0 Å². The van der Waals surface area contributed by atoms with Crippen molar-refractivity contribution in [1.82, 2.24) is 15.8 Å². The Bertz CT molecular complexity index is 359. The second-order valence-corrected chi connectivity index (χ2v) is 2.77. The molecule has 14 heavy (non-hydrogen) atoms. The summed E-state index contributed by atoms with van der Waals surface area (Å²) in [6.45, 7) is 0. The number of carbonyl (C=O) groups excluding carboxylic acids is 1. The number of hydrogen-bond donors (Lipinski definition) is 4. The van der Waals surface area contributed by atoms with Crippen molar-refractivity contribution in [3.8, 4) is 0 Å². The van der Waals surface area contributed by atoms with E-state index in [1.807, 2.05) is 0 Å². The van der Waals surface area contributed by atoms with E-state index in [9.17, 15) is 4.79 Å². The summed E-state index contributed by atoms with van der Waals surface area (Å²) in [5.74, 6) is -1.06. The smallest absolute Gasteiger partial charge is 0.316 e. The maximum absolute atomic E-state index is 10.6. The maximum Gasteiger partial charge on any atom is 0.316 e. The number of fused-ring (bicyclic) bond motifs is 1. The molecule has 1 unspecified atom stereocenters. The van der Waals surface area contributed by atoms with Crippen molar-refractivity contribution >= 4 is 18.2 Å². The van der Waals surface area contributed by atoms with Gasteiger partial charge in [0.15, 0.2) is 0 Å². The van der Waals surface area contributed by atoms with Gasteiger partial charge in [0, 0.05) is 12.4 Å². The first-order valence-electron chi connectivity index (χ1n) is 3.83. The number of nitrogens with two attached hydrogens (primary N) is 2. The second-order valence-electron chi connectivity index (χ2n) is 2.77. The van der Waals surface area contributed by atoms with Crippen molar-refractivity contribution in [1.29, 1.82) is 0 Å². The van der Waals surface area contributed by atoms with Gasteiger partial charge in [0.1, 0.15) is 0 Å². The average Bonchev–Trinajstić information content (AvgIpc) is 2.38. The number of rotatable bonds is 1. The molecule has 0 aromatic rings. The van der Waals surface area contributed by atoms with E-state index in [0.29, 0.717) is 5.96 Å². The number of hydrogen-bond acceptors (Lipinski definition) is 6. The summed E-state index contributed by atoms with van der Waals surface area (Å²) in [6.07, 6.45) is 4.93. The maximum atomic E-state index is 10.6. The van der Waals surface area contributed by atoms with Crippen LogP contribution < -0.4 is 22.2 Å². The molecule has 0 spiro atoms. The van der Waals surface area contributed by atoms with Crippen LogP contribution in [0.3, 0.4) is 0 Å². The standard InChI is InChI=1S/C6H9N7O/c7-4(14)10-6(8)11-5-9-2-1-3-13(5)12-6/h1-3,12H,8H2,(H3,7,10,14). The Morgan fingerprint density at radius 2 is 2.50 bits per heavy atom. The monoisotopic (exact) mass is 195 g/mol. The van der Waals surface area contributed by atoms with Crippen LogP contribution in [0.2, 0.25) is 0 Å². The molecule has 0 aliphatic carbocycles. The van der Waals surface area contributed by atoms with Crippen LogP contribution in [0, 0.1) is 0 Å². The van der Waals surface area contributed by atoms with E-state index >= 15 is 0 Å². The Kier molecular flexibility index (Phi) is 1.72. The van der Waals surface area contributed by atoms with Gasteiger partial charge in [0.05, 0.1) is 0 Å². The minimum Gasteiger partial charge on any atom is -0.352 e. The molecule has 74 valence electrons. The summed E-state index contributed by atoms with van der Waals surface area (Å²) in [7, 11) is 0. The Labute approximate surface area is 79.3 Å². The van der Waals surface area contributed by atoms with Gasteiger partial charge >= 0.3 is 6.03 Å². The van der Waals surface area contributed by atoms with Crippen molar-refractivity contribution in [2.75, 3.05) is 0 Å². The molecule has 6 N–H and O–H groups in total. The lowest BCUT2D eigenvalue weighted by Crippen LogP contribution is -2.65. The fourth-order valence-corrected chi connectivity index (χ4v) is 1.14. The third-order valence-electron chi connectivity index (χ3n) is 1.61. The highest BCUT2D eigenvalue weighted by Gasteiger charge is 2.36. The van der Waals surface area contributed by atoms with Crippen LogP contribution in [0.4, 0.5) is 4.79 Å². The minimum atomic E-state index is -1.42. The molecular formula is C6H9N7O. The molecule has 1 atom stereocenters. The summed E-state index contributed by atoms with van der Waals surface area (Å²) in [5, 5.41) is 3.73. The number of urea groups is 1. The minimum absolute atomic E-state index is 0.365. The number of guanidine groups is 1. The zero-order chi connectivity index (χ0) is 10.2. The van der Waals surface area contributed by atoms with Crippen LogP contribution in [0.1, 0.15) is 0 Å². The van der Waals surface area contributed by atoms with Gasteiger partial charge in [0.25, 0.3) is 5.91 Å². The molecule has 0 saturated carbocycles. The normalized spacial score (nSPS) is 28.6. The number of hydrazine groups is 1. The Morgan fingerprint density at radius 1 is 1.71 bits per heavy atom. The first-order chi connectivity index (χ1) is 6.59. The highest BCUT2D eigenvalue weighted by Crippen LogP contribution is 2.10. The Morgan fingerprint density at radius 3 is 3.14 bits per heavy atom. The lowest BCUT2D eigenvalue weighted by atomic mass is 10.6. The van der Waals surface area contributed by atoms with E-state index in [4.69, 9.17) is 11.5 Å². The summed E-state index contributed by atoms with van der Waals surface area (Å²) in [5.41, 5.74) is 13.3. The molecule has 2 rings (SSSR count). The summed E-state index contributed by atoms with van der Waals surface area (Å²) >= 11 is 0. The van der Waals surface area contributed by atoms with Gasteiger partial charge in [-0.15, -0.1) is 0 Å². The molecule has 8 nitrogen and oxygen atoms in total. The third-order valence-corrected chi connectivity index (χ3v) is 1.61. The number of nitrogens with zero attached hydrogens (tertiary/aromatic N) is 3. The second kappa shape index (κ2) is 2.79. The largest absolute Gasteiger partial charge is 0.352 e. The summed E-state index contributed by atoms with van der Waals surface area (Å²) in [6, 6.07) is -0.767. The predicted molar refractivity (Wildman–Crippen MR) is 49.7 cm³/mol. The number of aliphatic imine (C=N–C) groups is 2. The van der Waals surface area contributed by atoms with Crippen molar-refractivity contribution < 1.29 is 4.79 Å². The zero-order valence-electron chi connectivity index (χ0n) is 7.14. The topological polar surface area (TPSA) is 121 Å². The molecule has 0 radical (unpaired) electrons. The van der Waals surface area contributed by atoms with Crippen LogP contribution >= 0.6 is 0 Å². The first kappa shape index (κ1) is 8.66. The Balaban J connectivity index is 2.20. The molecule has 2 aliphatic rings. The van der Waals surface area contributed by atoms with E-state index in [2.05, 4.69) is 20.7 Å². The van der Waals surface area contributed by atoms with E-state index in [0.717, 1.165) is 0 Å². The molecule has 0 aromatic heterocycles.